The number of nitrogens with zero attached hydrogens (tertiary/aromatic N) is 1. The van der Waals surface area contributed by atoms with Gasteiger partial charge in [-0.25, -0.2) is 4.79 Å². The standard InChI is InChI=1S/C25H28N4O6/c1-13-19(24(30)28-15-7-9-29(10-15)25(31)32)21-16(6-8-26-21)22(27-13)20-17(33-11-14-2-3-14)4-5-18-23(20)35-12-34-18/h4-6,8,14-15,22,26-27H,2-3,7,9-12H2,1H3,(H,28,30)(H,31,32)/t15-,22?/m1/s1. The molecule has 10 heteroatoms. The van der Waals surface area contributed by atoms with Crippen molar-refractivity contribution in [2.24, 2.45) is 5.92 Å². The van der Waals surface area contributed by atoms with Crippen molar-refractivity contribution in [3.8, 4) is 17.2 Å². The van der Waals surface area contributed by atoms with Gasteiger partial charge >= 0.3 is 6.09 Å². The maximum absolute atomic E-state index is 13.3. The molecule has 1 unspecified atom stereocenters. The number of nitrogens with one attached hydrogen (secondary N) is 3. The highest BCUT2D eigenvalue weighted by Crippen LogP contribution is 2.48. The number of H-pyrrole nitrogens is 1. The molecule has 6 rings (SSSR count). The maximum Gasteiger partial charge on any atom is 0.407 e. The molecule has 1 saturated heterocycles. The van der Waals surface area contributed by atoms with E-state index in [9.17, 15) is 14.7 Å². The van der Waals surface area contributed by atoms with Crippen LogP contribution < -0.4 is 24.8 Å². The molecule has 4 heterocycles. The molecule has 10 nitrogen and oxygen atoms in total. The minimum absolute atomic E-state index is 0.151. The van der Waals surface area contributed by atoms with E-state index in [2.05, 4.69) is 15.6 Å². The van der Waals surface area contributed by atoms with Crippen LogP contribution in [0, 0.1) is 5.92 Å². The zero-order valence-electron chi connectivity index (χ0n) is 19.4. The number of ether oxygens (including phenoxy) is 3. The van der Waals surface area contributed by atoms with Crippen LogP contribution >= 0.6 is 0 Å². The Morgan fingerprint density at radius 1 is 1.23 bits per heavy atom. The molecule has 4 N–H and O–H groups in total. The van der Waals surface area contributed by atoms with Gasteiger partial charge in [-0.15, -0.1) is 0 Å². The smallest absolute Gasteiger partial charge is 0.407 e. The monoisotopic (exact) mass is 480 g/mol. The summed E-state index contributed by atoms with van der Waals surface area (Å²) >= 11 is 0. The number of fused-ring (bicyclic) bond motifs is 2. The van der Waals surface area contributed by atoms with Crippen molar-refractivity contribution in [3.63, 3.8) is 0 Å². The van der Waals surface area contributed by atoms with Crippen molar-refractivity contribution in [2.75, 3.05) is 26.5 Å². The van der Waals surface area contributed by atoms with E-state index in [0.717, 1.165) is 22.6 Å². The van der Waals surface area contributed by atoms with Crippen molar-refractivity contribution in [3.05, 3.63) is 46.9 Å². The van der Waals surface area contributed by atoms with Crippen LogP contribution in [0.5, 0.6) is 17.2 Å². The van der Waals surface area contributed by atoms with Crippen LogP contribution in [0.3, 0.4) is 0 Å². The van der Waals surface area contributed by atoms with Gasteiger partial charge in [0.05, 0.1) is 29.5 Å². The molecule has 0 spiro atoms. The Morgan fingerprint density at radius 3 is 2.86 bits per heavy atom. The number of likely N-dealkylation sites (tertiary alicyclic amines) is 1. The quantitative estimate of drug-likeness (QED) is 0.501. The number of benzene rings is 1. The summed E-state index contributed by atoms with van der Waals surface area (Å²) in [7, 11) is 0. The number of hydrogen-bond acceptors (Lipinski definition) is 6. The van der Waals surface area contributed by atoms with Crippen molar-refractivity contribution in [1.29, 1.82) is 0 Å². The summed E-state index contributed by atoms with van der Waals surface area (Å²) in [6, 6.07) is 5.23. The molecule has 1 saturated carbocycles. The SMILES string of the molecule is CC1=C(C(=O)N[C@@H]2CCN(C(=O)O)C2)c2[nH]ccc2C(c2c(OCC3CC3)ccc3c2OCO3)N1. The van der Waals surface area contributed by atoms with Crippen LogP contribution in [-0.2, 0) is 4.79 Å². The molecule has 4 aliphatic rings. The topological polar surface area (TPSA) is 125 Å². The van der Waals surface area contributed by atoms with Gasteiger partial charge < -0.3 is 39.8 Å². The zero-order valence-corrected chi connectivity index (χ0v) is 19.4. The maximum atomic E-state index is 13.3. The lowest BCUT2D eigenvalue weighted by molar-refractivity contribution is -0.116. The van der Waals surface area contributed by atoms with Gasteiger partial charge in [0.2, 0.25) is 6.79 Å². The van der Waals surface area contributed by atoms with Gasteiger partial charge in [0, 0.05) is 36.6 Å². The fraction of sp³-hybridized carbons (Fsp3) is 0.440. The number of carbonyl (C=O) groups excluding carboxylic acids is 1. The normalized spacial score (nSPS) is 22.6. The van der Waals surface area contributed by atoms with Gasteiger partial charge in [0.1, 0.15) is 5.75 Å². The van der Waals surface area contributed by atoms with E-state index in [1.54, 1.807) is 0 Å². The molecule has 1 aromatic heterocycles. The summed E-state index contributed by atoms with van der Waals surface area (Å²) in [5, 5.41) is 15.7. The number of aromatic nitrogens is 1. The molecule has 184 valence electrons. The Balaban J connectivity index is 1.31. The first-order valence-electron chi connectivity index (χ1n) is 12.0. The van der Waals surface area contributed by atoms with Crippen molar-refractivity contribution < 1.29 is 28.9 Å². The minimum atomic E-state index is -0.965. The lowest BCUT2D eigenvalue weighted by atomic mass is 9.89. The van der Waals surface area contributed by atoms with E-state index in [-0.39, 0.29) is 31.3 Å². The van der Waals surface area contributed by atoms with Crippen molar-refractivity contribution >= 4 is 17.6 Å². The highest BCUT2D eigenvalue weighted by atomic mass is 16.7. The molecule has 2 aromatic rings. The summed E-state index contributed by atoms with van der Waals surface area (Å²) in [6.45, 7) is 3.39. The van der Waals surface area contributed by atoms with Crippen molar-refractivity contribution in [2.45, 2.75) is 38.3 Å². The Morgan fingerprint density at radius 2 is 2.09 bits per heavy atom. The molecule has 2 atom stereocenters. The zero-order chi connectivity index (χ0) is 24.1. The number of hydrogen-bond donors (Lipinski definition) is 4. The second-order valence-corrected chi connectivity index (χ2v) is 9.54. The first-order valence-corrected chi connectivity index (χ1v) is 12.0. The summed E-state index contributed by atoms with van der Waals surface area (Å²) in [6.07, 6.45) is 3.82. The average Bonchev–Trinajstić information content (AvgIpc) is 3.20. The van der Waals surface area contributed by atoms with Crippen LogP contribution in [0.4, 0.5) is 4.79 Å². The van der Waals surface area contributed by atoms with Crippen LogP contribution in [0.25, 0.3) is 5.57 Å². The number of allylic oxidation sites excluding steroid dienone is 1. The first-order chi connectivity index (χ1) is 17.0. The summed E-state index contributed by atoms with van der Waals surface area (Å²) < 4.78 is 17.7. The van der Waals surface area contributed by atoms with Crippen LogP contribution in [0.2, 0.25) is 0 Å². The van der Waals surface area contributed by atoms with Gasteiger partial charge in [-0.1, -0.05) is 0 Å². The van der Waals surface area contributed by atoms with E-state index in [4.69, 9.17) is 14.2 Å². The molecular weight excluding hydrogens is 452 g/mol. The predicted octanol–water partition coefficient (Wildman–Crippen LogP) is 2.82. The second-order valence-electron chi connectivity index (χ2n) is 9.54. The predicted molar refractivity (Wildman–Crippen MR) is 125 cm³/mol. The van der Waals surface area contributed by atoms with E-state index in [0.29, 0.717) is 48.3 Å². The highest BCUT2D eigenvalue weighted by molar-refractivity contribution is 6.20. The number of amides is 2. The van der Waals surface area contributed by atoms with E-state index >= 15 is 0 Å². The van der Waals surface area contributed by atoms with Crippen LogP contribution in [0.15, 0.2) is 30.1 Å². The Hall–Kier alpha value is -3.82. The molecule has 2 amide bonds. The van der Waals surface area contributed by atoms with Gasteiger partial charge in [-0.05, 0) is 50.3 Å². The van der Waals surface area contributed by atoms with Gasteiger partial charge in [0.25, 0.3) is 5.91 Å². The lowest BCUT2D eigenvalue weighted by Gasteiger charge is -2.30. The average molecular weight is 481 g/mol. The summed E-state index contributed by atoms with van der Waals surface area (Å²) in [5.74, 6) is 2.43. The minimum Gasteiger partial charge on any atom is -0.493 e. The number of aromatic amines is 1. The number of carboxylic acid groups (broad SMARTS) is 1. The largest absolute Gasteiger partial charge is 0.493 e. The molecule has 35 heavy (non-hydrogen) atoms. The van der Waals surface area contributed by atoms with E-state index < -0.39 is 6.09 Å². The van der Waals surface area contributed by atoms with E-state index in [1.165, 1.54) is 17.7 Å². The van der Waals surface area contributed by atoms with Crippen LogP contribution in [-0.4, -0.2) is 59.5 Å². The molecule has 1 aromatic carbocycles. The molecule has 0 radical (unpaired) electrons. The first kappa shape index (κ1) is 21.7. The lowest BCUT2D eigenvalue weighted by Crippen LogP contribution is -2.40. The Labute approximate surface area is 202 Å². The number of rotatable bonds is 6. The Bertz CT molecular complexity index is 1220. The summed E-state index contributed by atoms with van der Waals surface area (Å²) in [5.41, 5.74) is 3.70. The third kappa shape index (κ3) is 3.92. The molecule has 2 fully saturated rings. The number of carbonyl (C=O) groups is 2. The fourth-order valence-corrected chi connectivity index (χ4v) is 5.08. The van der Waals surface area contributed by atoms with Gasteiger partial charge in [0.15, 0.2) is 11.5 Å². The van der Waals surface area contributed by atoms with Crippen molar-refractivity contribution in [1.82, 2.24) is 20.5 Å². The van der Waals surface area contributed by atoms with Gasteiger partial charge in [-0.2, -0.15) is 0 Å². The highest BCUT2D eigenvalue weighted by Gasteiger charge is 2.37. The third-order valence-electron chi connectivity index (χ3n) is 7.09. The summed E-state index contributed by atoms with van der Waals surface area (Å²) in [4.78, 5) is 29.1. The molecular formula is C25H28N4O6. The fourth-order valence-electron chi connectivity index (χ4n) is 5.08. The van der Waals surface area contributed by atoms with E-state index in [1.807, 2.05) is 31.3 Å². The second kappa shape index (κ2) is 8.44. The molecule has 1 aliphatic carbocycles. The van der Waals surface area contributed by atoms with Crippen LogP contribution in [0.1, 0.15) is 49.0 Å². The van der Waals surface area contributed by atoms with Gasteiger partial charge in [-0.3, -0.25) is 4.79 Å². The molecule has 0 bridgehead atoms. The third-order valence-corrected chi connectivity index (χ3v) is 7.09. The Kier molecular flexibility index (Phi) is 5.23. The molecule has 3 aliphatic heterocycles.